The molecule has 2 rings (SSSR count). The number of hydrogen-bond acceptors (Lipinski definition) is 3. The SMILES string of the molecule is C=C(C)C(=O)OCC1CC2CC1C(F)(F)C2(O)F. The molecule has 3 nitrogen and oxygen atoms in total. The molecule has 0 spiro atoms. The standard InChI is InChI=1S/C12H15F3O3/c1-6(2)10(16)18-5-7-3-8-4-9(7)11(13,14)12(8,15)17/h7-9,17H,1,3-5H2,2H3. The van der Waals surface area contributed by atoms with Crippen molar-refractivity contribution in [3.05, 3.63) is 12.2 Å². The zero-order valence-electron chi connectivity index (χ0n) is 9.96. The maximum absolute atomic E-state index is 13.6. The molecule has 0 aromatic carbocycles. The molecule has 0 radical (unpaired) electrons. The number of alkyl halides is 3. The van der Waals surface area contributed by atoms with E-state index in [1.54, 1.807) is 0 Å². The van der Waals surface area contributed by atoms with Crippen LogP contribution in [0, 0.1) is 17.8 Å². The van der Waals surface area contributed by atoms with Crippen molar-refractivity contribution >= 4 is 5.97 Å². The first-order chi connectivity index (χ1) is 8.18. The molecule has 0 aliphatic heterocycles. The van der Waals surface area contributed by atoms with Crippen molar-refractivity contribution in [1.82, 2.24) is 0 Å². The van der Waals surface area contributed by atoms with Crippen molar-refractivity contribution in [2.75, 3.05) is 6.61 Å². The summed E-state index contributed by atoms with van der Waals surface area (Å²) in [4.78, 5) is 11.2. The summed E-state index contributed by atoms with van der Waals surface area (Å²) in [6.45, 7) is 4.65. The highest BCUT2D eigenvalue weighted by molar-refractivity contribution is 5.86. The minimum atomic E-state index is -3.77. The Morgan fingerprint density at radius 2 is 2.06 bits per heavy atom. The van der Waals surface area contributed by atoms with E-state index in [1.165, 1.54) is 6.92 Å². The average Bonchev–Trinajstić information content (AvgIpc) is 2.75. The van der Waals surface area contributed by atoms with E-state index in [4.69, 9.17) is 9.84 Å². The van der Waals surface area contributed by atoms with Crippen LogP contribution >= 0.6 is 0 Å². The molecule has 2 aliphatic rings. The maximum atomic E-state index is 13.6. The van der Waals surface area contributed by atoms with E-state index in [-0.39, 0.29) is 25.0 Å². The van der Waals surface area contributed by atoms with Crippen LogP contribution in [0.3, 0.4) is 0 Å². The summed E-state index contributed by atoms with van der Waals surface area (Å²) in [6, 6.07) is 0. The second-order valence-corrected chi connectivity index (χ2v) is 5.21. The van der Waals surface area contributed by atoms with E-state index >= 15 is 0 Å². The first kappa shape index (κ1) is 13.4. The Balaban J connectivity index is 2.00. The summed E-state index contributed by atoms with van der Waals surface area (Å²) in [7, 11) is 0. The van der Waals surface area contributed by atoms with Gasteiger partial charge in [0.2, 0.25) is 0 Å². The molecule has 2 bridgehead atoms. The van der Waals surface area contributed by atoms with E-state index in [0.717, 1.165) is 0 Å². The van der Waals surface area contributed by atoms with Crippen LogP contribution in [0.2, 0.25) is 0 Å². The molecule has 2 fully saturated rings. The van der Waals surface area contributed by atoms with Crippen molar-refractivity contribution in [1.29, 1.82) is 0 Å². The van der Waals surface area contributed by atoms with Crippen molar-refractivity contribution in [2.24, 2.45) is 17.8 Å². The fourth-order valence-electron chi connectivity index (χ4n) is 2.90. The molecule has 6 heteroatoms. The van der Waals surface area contributed by atoms with Crippen LogP contribution in [0.4, 0.5) is 13.2 Å². The van der Waals surface area contributed by atoms with Gasteiger partial charge in [-0.2, -0.15) is 8.78 Å². The number of esters is 1. The van der Waals surface area contributed by atoms with Gasteiger partial charge in [0.1, 0.15) is 0 Å². The van der Waals surface area contributed by atoms with Gasteiger partial charge in [0.15, 0.2) is 0 Å². The molecule has 4 atom stereocenters. The van der Waals surface area contributed by atoms with E-state index in [1.807, 2.05) is 0 Å². The van der Waals surface area contributed by atoms with Crippen LogP contribution < -0.4 is 0 Å². The lowest BCUT2D eigenvalue weighted by Gasteiger charge is -2.36. The van der Waals surface area contributed by atoms with Crippen LogP contribution in [0.1, 0.15) is 19.8 Å². The van der Waals surface area contributed by atoms with E-state index < -0.39 is 35.5 Å². The fraction of sp³-hybridized carbons (Fsp3) is 0.750. The van der Waals surface area contributed by atoms with Gasteiger partial charge >= 0.3 is 11.9 Å². The van der Waals surface area contributed by atoms with Gasteiger partial charge in [-0.3, -0.25) is 0 Å². The van der Waals surface area contributed by atoms with Gasteiger partial charge in [0.05, 0.1) is 6.61 Å². The summed E-state index contributed by atoms with van der Waals surface area (Å²) in [5, 5.41) is 9.16. The molecule has 0 aromatic rings. The quantitative estimate of drug-likeness (QED) is 0.627. The Morgan fingerprint density at radius 3 is 2.50 bits per heavy atom. The normalized spacial score (nSPS) is 40.8. The van der Waals surface area contributed by atoms with Crippen molar-refractivity contribution in [2.45, 2.75) is 31.5 Å². The fourth-order valence-corrected chi connectivity index (χ4v) is 2.90. The largest absolute Gasteiger partial charge is 0.462 e. The Hall–Kier alpha value is -1.04. The van der Waals surface area contributed by atoms with Gasteiger partial charge in [0.25, 0.3) is 5.85 Å². The third-order valence-electron chi connectivity index (χ3n) is 3.95. The molecule has 0 saturated heterocycles. The van der Waals surface area contributed by atoms with Crippen LogP contribution in [0.5, 0.6) is 0 Å². The summed E-state index contributed by atoms with van der Waals surface area (Å²) < 4.78 is 45.4. The Bertz CT molecular complexity index is 392. The smallest absolute Gasteiger partial charge is 0.333 e. The van der Waals surface area contributed by atoms with Crippen LogP contribution in [0.15, 0.2) is 12.2 Å². The number of carbonyl (C=O) groups is 1. The molecule has 2 aliphatic carbocycles. The minimum Gasteiger partial charge on any atom is -0.462 e. The van der Waals surface area contributed by atoms with Gasteiger partial charge < -0.3 is 9.84 Å². The summed E-state index contributed by atoms with van der Waals surface area (Å²) >= 11 is 0. The molecular formula is C12H15F3O3. The van der Waals surface area contributed by atoms with Gasteiger partial charge in [-0.1, -0.05) is 6.58 Å². The zero-order chi connectivity index (χ0) is 13.7. The molecule has 0 heterocycles. The van der Waals surface area contributed by atoms with Crippen molar-refractivity contribution in [3.63, 3.8) is 0 Å². The summed E-state index contributed by atoms with van der Waals surface area (Å²) in [6.07, 6.45) is 0.0337. The molecule has 0 amide bonds. The molecular weight excluding hydrogens is 249 g/mol. The zero-order valence-corrected chi connectivity index (χ0v) is 9.96. The molecule has 18 heavy (non-hydrogen) atoms. The van der Waals surface area contributed by atoms with E-state index in [2.05, 4.69) is 6.58 Å². The van der Waals surface area contributed by atoms with Gasteiger partial charge in [0, 0.05) is 23.3 Å². The Kier molecular flexibility index (Phi) is 2.96. The van der Waals surface area contributed by atoms with Crippen molar-refractivity contribution < 1.29 is 27.8 Å². The predicted molar refractivity (Wildman–Crippen MR) is 56.5 cm³/mol. The maximum Gasteiger partial charge on any atom is 0.333 e. The molecule has 1 N–H and O–H groups in total. The lowest BCUT2D eigenvalue weighted by atomic mass is 9.83. The second-order valence-electron chi connectivity index (χ2n) is 5.21. The highest BCUT2D eigenvalue weighted by Gasteiger charge is 2.74. The van der Waals surface area contributed by atoms with Crippen LogP contribution in [0.25, 0.3) is 0 Å². The van der Waals surface area contributed by atoms with Crippen LogP contribution in [-0.4, -0.2) is 29.5 Å². The van der Waals surface area contributed by atoms with E-state index in [0.29, 0.717) is 0 Å². The predicted octanol–water partition coefficient (Wildman–Crippen LogP) is 2.06. The number of ether oxygens (including phenoxy) is 1. The van der Waals surface area contributed by atoms with Gasteiger partial charge in [-0.25, -0.2) is 9.18 Å². The first-order valence-electron chi connectivity index (χ1n) is 5.79. The molecule has 2 saturated carbocycles. The third-order valence-corrected chi connectivity index (χ3v) is 3.95. The summed E-state index contributed by atoms with van der Waals surface area (Å²) in [5.74, 6) is -10.8. The lowest BCUT2D eigenvalue weighted by Crippen LogP contribution is -2.52. The Morgan fingerprint density at radius 1 is 1.44 bits per heavy atom. The topological polar surface area (TPSA) is 46.5 Å². The first-order valence-corrected chi connectivity index (χ1v) is 5.79. The Labute approximate surface area is 103 Å². The molecule has 0 aromatic heterocycles. The number of carbonyl (C=O) groups excluding carboxylic acids is 1. The number of fused-ring (bicyclic) bond motifs is 2. The van der Waals surface area contributed by atoms with Crippen molar-refractivity contribution in [3.8, 4) is 0 Å². The number of aliphatic hydroxyl groups is 1. The highest BCUT2D eigenvalue weighted by Crippen LogP contribution is 2.62. The monoisotopic (exact) mass is 264 g/mol. The molecule has 102 valence electrons. The lowest BCUT2D eigenvalue weighted by molar-refractivity contribution is -0.285. The van der Waals surface area contributed by atoms with E-state index in [9.17, 15) is 18.0 Å². The second kappa shape index (κ2) is 3.98. The number of halogens is 3. The number of hydrogen-bond donors (Lipinski definition) is 1. The molecule has 4 unspecified atom stereocenters. The average molecular weight is 264 g/mol. The third kappa shape index (κ3) is 1.74. The van der Waals surface area contributed by atoms with Gasteiger partial charge in [-0.05, 0) is 19.8 Å². The minimum absolute atomic E-state index is 0.0741. The van der Waals surface area contributed by atoms with Crippen LogP contribution in [-0.2, 0) is 9.53 Å². The summed E-state index contributed by atoms with van der Waals surface area (Å²) in [5.41, 5.74) is 0.187. The highest BCUT2D eigenvalue weighted by atomic mass is 19.3. The van der Waals surface area contributed by atoms with Gasteiger partial charge in [-0.15, -0.1) is 0 Å². The number of rotatable bonds is 3.